The summed E-state index contributed by atoms with van der Waals surface area (Å²) in [5.41, 5.74) is 4.61. The largest absolute Gasteiger partial charge is 0.378 e. The summed E-state index contributed by atoms with van der Waals surface area (Å²) in [6, 6.07) is 30.1. The summed E-state index contributed by atoms with van der Waals surface area (Å²) < 4.78 is 0. The number of hydrogen-bond donors (Lipinski definition) is 0. The van der Waals surface area contributed by atoms with Crippen molar-refractivity contribution in [1.82, 2.24) is 0 Å². The Morgan fingerprint density at radius 2 is 1.19 bits per heavy atom. The molecule has 0 atom stereocenters. The Morgan fingerprint density at radius 1 is 0.667 bits per heavy atom. The van der Waals surface area contributed by atoms with Gasteiger partial charge in [-0.3, -0.25) is 0 Å². The highest BCUT2D eigenvalue weighted by molar-refractivity contribution is 5.80. The van der Waals surface area contributed by atoms with E-state index in [9.17, 15) is 0 Å². The van der Waals surface area contributed by atoms with Crippen LogP contribution in [0, 0.1) is 22.7 Å². The summed E-state index contributed by atoms with van der Waals surface area (Å²) in [4.78, 5) is 2.07. The highest BCUT2D eigenvalue weighted by atomic mass is 15.1. The molecule has 0 spiro atoms. The molecule has 0 bridgehead atoms. The zero-order valence-electron chi connectivity index (χ0n) is 15.3. The van der Waals surface area contributed by atoms with Crippen LogP contribution in [0.1, 0.15) is 11.1 Å². The first-order valence-electron chi connectivity index (χ1n) is 8.62. The van der Waals surface area contributed by atoms with Crippen LogP contribution in [-0.4, -0.2) is 14.1 Å². The maximum atomic E-state index is 9.07. The molecule has 0 fully saturated rings. The monoisotopic (exact) mass is 349 g/mol. The fourth-order valence-corrected chi connectivity index (χ4v) is 2.99. The smallest absolute Gasteiger partial charge is 0.136 e. The molecule has 0 saturated carbocycles. The van der Waals surface area contributed by atoms with E-state index in [1.807, 2.05) is 68.7 Å². The minimum atomic E-state index is 0.123. The maximum Gasteiger partial charge on any atom is 0.136 e. The molecular formula is C24H19N3. The number of nitrogens with zero attached hydrogens (tertiary/aromatic N) is 3. The van der Waals surface area contributed by atoms with Gasteiger partial charge < -0.3 is 4.90 Å². The van der Waals surface area contributed by atoms with Gasteiger partial charge in [0.05, 0.1) is 0 Å². The third kappa shape index (κ3) is 3.89. The molecule has 130 valence electrons. The fourth-order valence-electron chi connectivity index (χ4n) is 2.99. The predicted octanol–water partition coefficient (Wildman–Crippen LogP) is 3.20. The third-order valence-corrected chi connectivity index (χ3v) is 4.42. The average molecular weight is 349 g/mol. The summed E-state index contributed by atoms with van der Waals surface area (Å²) in [7, 11) is 4.04. The van der Waals surface area contributed by atoms with Gasteiger partial charge in [0.2, 0.25) is 0 Å². The van der Waals surface area contributed by atoms with Gasteiger partial charge in [0.25, 0.3) is 0 Å². The van der Waals surface area contributed by atoms with Crippen LogP contribution in [0.5, 0.6) is 0 Å². The van der Waals surface area contributed by atoms with Crippen molar-refractivity contribution in [1.29, 1.82) is 10.5 Å². The molecular weight excluding hydrogens is 330 g/mol. The lowest BCUT2D eigenvalue weighted by Crippen LogP contribution is -2.14. The van der Waals surface area contributed by atoms with E-state index in [0.717, 1.165) is 27.6 Å². The molecule has 0 aliphatic heterocycles. The van der Waals surface area contributed by atoms with Gasteiger partial charge in [-0.05, 0) is 34.1 Å². The fraction of sp³-hybridized carbons (Fsp3) is 0.0833. The van der Waals surface area contributed by atoms with E-state index in [0.29, 0.717) is 5.22 Å². The standard InChI is InChI=1S/C24H19N3/c1-27(2)23-14-12-21(13-15-23)24(19-6-4-3-5-7-19)20-10-8-18(9-11-20)22(16-25)17-26/h3-15H,1-2H3. The zero-order chi connectivity index (χ0) is 19.2. The number of benzene rings is 3. The highest BCUT2D eigenvalue weighted by Gasteiger charge is 2.07. The van der Waals surface area contributed by atoms with E-state index >= 15 is 0 Å². The average Bonchev–Trinajstić information content (AvgIpc) is 2.71. The first-order valence-corrected chi connectivity index (χ1v) is 8.62. The molecule has 3 nitrogen and oxygen atoms in total. The van der Waals surface area contributed by atoms with Gasteiger partial charge in [0, 0.05) is 25.0 Å². The van der Waals surface area contributed by atoms with Crippen LogP contribution in [0.3, 0.4) is 0 Å². The van der Waals surface area contributed by atoms with Gasteiger partial charge in [-0.1, -0.05) is 66.7 Å². The first-order chi connectivity index (χ1) is 13.1. The summed E-state index contributed by atoms with van der Waals surface area (Å²) in [5, 5.41) is 19.8. The third-order valence-electron chi connectivity index (χ3n) is 4.42. The SMILES string of the molecule is CN(C)c1ccc(C(c2ccccc2)=c2ccc(=C(C#N)C#N)cc2)cc1. The summed E-state index contributed by atoms with van der Waals surface area (Å²) >= 11 is 0. The van der Waals surface area contributed by atoms with Crippen LogP contribution in [0.2, 0.25) is 0 Å². The van der Waals surface area contributed by atoms with E-state index in [1.165, 1.54) is 0 Å². The Balaban J connectivity index is 2.26. The van der Waals surface area contributed by atoms with Gasteiger partial charge in [-0.2, -0.15) is 10.5 Å². The van der Waals surface area contributed by atoms with Gasteiger partial charge >= 0.3 is 0 Å². The molecule has 0 aliphatic rings. The van der Waals surface area contributed by atoms with E-state index in [4.69, 9.17) is 10.5 Å². The molecule has 0 N–H and O–H groups in total. The molecule has 27 heavy (non-hydrogen) atoms. The molecule has 3 aromatic rings. The van der Waals surface area contributed by atoms with Gasteiger partial charge in [-0.25, -0.2) is 0 Å². The van der Waals surface area contributed by atoms with Gasteiger partial charge in [0.15, 0.2) is 0 Å². The Hall–Kier alpha value is -3.82. The van der Waals surface area contributed by atoms with Crippen molar-refractivity contribution in [2.45, 2.75) is 0 Å². The second-order valence-electron chi connectivity index (χ2n) is 6.36. The lowest BCUT2D eigenvalue weighted by molar-refractivity contribution is 1.13. The van der Waals surface area contributed by atoms with Crippen molar-refractivity contribution in [2.75, 3.05) is 19.0 Å². The molecule has 0 radical (unpaired) electrons. The Kier molecular flexibility index (Phi) is 5.36. The molecule has 0 heterocycles. The topological polar surface area (TPSA) is 50.8 Å². The van der Waals surface area contributed by atoms with Crippen LogP contribution in [0.4, 0.5) is 5.69 Å². The quantitative estimate of drug-likeness (QED) is 0.730. The van der Waals surface area contributed by atoms with Crippen molar-refractivity contribution < 1.29 is 0 Å². The summed E-state index contributed by atoms with van der Waals surface area (Å²) in [5.74, 6) is 0. The van der Waals surface area contributed by atoms with Crippen LogP contribution in [-0.2, 0) is 0 Å². The minimum absolute atomic E-state index is 0.123. The normalized spacial score (nSPS) is 9.78. The van der Waals surface area contributed by atoms with E-state index in [-0.39, 0.29) is 5.57 Å². The molecule has 3 rings (SSSR count). The number of nitriles is 2. The molecule has 0 saturated heterocycles. The predicted molar refractivity (Wildman–Crippen MR) is 109 cm³/mol. The lowest BCUT2D eigenvalue weighted by Gasteiger charge is -2.14. The molecule has 0 aromatic heterocycles. The van der Waals surface area contributed by atoms with Crippen LogP contribution >= 0.6 is 0 Å². The molecule has 0 aliphatic carbocycles. The van der Waals surface area contributed by atoms with E-state index in [1.54, 1.807) is 0 Å². The van der Waals surface area contributed by atoms with Crippen LogP contribution in [0.25, 0.3) is 11.1 Å². The van der Waals surface area contributed by atoms with Crippen LogP contribution < -0.4 is 15.3 Å². The second-order valence-corrected chi connectivity index (χ2v) is 6.36. The highest BCUT2D eigenvalue weighted by Crippen LogP contribution is 2.23. The maximum absolute atomic E-state index is 9.07. The zero-order valence-corrected chi connectivity index (χ0v) is 15.3. The second kappa shape index (κ2) is 8.04. The first kappa shape index (κ1) is 18.0. The molecule has 3 heteroatoms. The minimum Gasteiger partial charge on any atom is -0.378 e. The lowest BCUT2D eigenvalue weighted by atomic mass is 9.95. The van der Waals surface area contributed by atoms with Crippen molar-refractivity contribution in [3.05, 3.63) is 100 Å². The summed E-state index contributed by atoms with van der Waals surface area (Å²) in [6.07, 6.45) is 0. The van der Waals surface area contributed by atoms with Crippen molar-refractivity contribution in [3.8, 4) is 12.1 Å². The van der Waals surface area contributed by atoms with Crippen LogP contribution in [0.15, 0.2) is 78.9 Å². The number of anilines is 1. The molecule has 3 aromatic carbocycles. The van der Waals surface area contributed by atoms with Crippen molar-refractivity contribution in [2.24, 2.45) is 0 Å². The Bertz CT molecular complexity index is 1100. The van der Waals surface area contributed by atoms with Gasteiger partial charge in [-0.15, -0.1) is 0 Å². The molecule has 0 amide bonds. The van der Waals surface area contributed by atoms with E-state index in [2.05, 4.69) is 41.3 Å². The number of rotatable bonds is 3. The van der Waals surface area contributed by atoms with Crippen molar-refractivity contribution in [3.63, 3.8) is 0 Å². The summed E-state index contributed by atoms with van der Waals surface area (Å²) in [6.45, 7) is 0. The van der Waals surface area contributed by atoms with Crippen molar-refractivity contribution >= 4 is 16.8 Å². The Labute approximate surface area is 159 Å². The van der Waals surface area contributed by atoms with E-state index < -0.39 is 0 Å². The molecule has 0 unspecified atom stereocenters. The Morgan fingerprint density at radius 3 is 1.70 bits per heavy atom. The van der Waals surface area contributed by atoms with Gasteiger partial charge in [0.1, 0.15) is 17.7 Å². The number of hydrogen-bond acceptors (Lipinski definition) is 3.